The lowest BCUT2D eigenvalue weighted by atomic mass is 10.1. The van der Waals surface area contributed by atoms with Gasteiger partial charge < -0.3 is 5.32 Å². The molecule has 1 aliphatic rings. The molecule has 5 heteroatoms. The summed E-state index contributed by atoms with van der Waals surface area (Å²) in [6, 6.07) is 0.411. The molecule has 4 nitrogen and oxygen atoms in total. The zero-order valence-electron chi connectivity index (χ0n) is 9.31. The van der Waals surface area contributed by atoms with E-state index in [2.05, 4.69) is 29.2 Å². The fraction of sp³-hybridized carbons (Fsp3) is 0.800. The highest BCUT2D eigenvalue weighted by molar-refractivity contribution is 7.98. The van der Waals surface area contributed by atoms with Crippen LogP contribution in [0.2, 0.25) is 0 Å². The van der Waals surface area contributed by atoms with Crippen molar-refractivity contribution >= 4 is 11.8 Å². The van der Waals surface area contributed by atoms with Crippen molar-refractivity contribution in [2.24, 2.45) is 5.92 Å². The molecule has 84 valence electrons. The Morgan fingerprint density at radius 3 is 3.00 bits per heavy atom. The van der Waals surface area contributed by atoms with Gasteiger partial charge in [-0.2, -0.15) is 16.9 Å². The number of aromatic nitrogens is 3. The third-order valence-corrected chi connectivity index (χ3v) is 3.76. The molecule has 0 saturated carbocycles. The van der Waals surface area contributed by atoms with E-state index in [0.29, 0.717) is 6.04 Å². The molecule has 0 aliphatic carbocycles. The maximum Gasteiger partial charge on any atom is 0.138 e. The second-order valence-electron chi connectivity index (χ2n) is 4.25. The number of nitrogens with zero attached hydrogens (tertiary/aromatic N) is 3. The summed E-state index contributed by atoms with van der Waals surface area (Å²) in [6.07, 6.45) is 1.65. The smallest absolute Gasteiger partial charge is 0.138 e. The van der Waals surface area contributed by atoms with Gasteiger partial charge in [0, 0.05) is 6.04 Å². The molecule has 1 saturated heterocycles. The van der Waals surface area contributed by atoms with Crippen LogP contribution in [0.3, 0.4) is 0 Å². The fourth-order valence-electron chi connectivity index (χ4n) is 1.59. The second kappa shape index (κ2) is 4.99. The molecule has 0 bridgehead atoms. The summed E-state index contributed by atoms with van der Waals surface area (Å²) in [6.45, 7) is 6.64. The Balaban J connectivity index is 1.79. The van der Waals surface area contributed by atoms with Crippen molar-refractivity contribution in [1.82, 2.24) is 20.1 Å². The van der Waals surface area contributed by atoms with E-state index in [1.54, 1.807) is 6.33 Å². The van der Waals surface area contributed by atoms with Gasteiger partial charge in [0.15, 0.2) is 0 Å². The SMILES string of the molecule is CC(C)n1ncnc1CSCC1CNC1. The van der Waals surface area contributed by atoms with Crippen molar-refractivity contribution in [2.45, 2.75) is 25.6 Å². The van der Waals surface area contributed by atoms with Gasteiger partial charge in [-0.15, -0.1) is 0 Å². The highest BCUT2D eigenvalue weighted by Crippen LogP contribution is 2.17. The van der Waals surface area contributed by atoms with Crippen LogP contribution in [0.15, 0.2) is 6.33 Å². The van der Waals surface area contributed by atoms with Crippen LogP contribution in [0, 0.1) is 5.92 Å². The molecule has 0 spiro atoms. The van der Waals surface area contributed by atoms with Crippen LogP contribution in [0.5, 0.6) is 0 Å². The third kappa shape index (κ3) is 2.72. The van der Waals surface area contributed by atoms with Crippen LogP contribution in [-0.4, -0.2) is 33.6 Å². The van der Waals surface area contributed by atoms with E-state index < -0.39 is 0 Å². The first-order valence-electron chi connectivity index (χ1n) is 5.44. The van der Waals surface area contributed by atoms with E-state index in [1.807, 2.05) is 16.4 Å². The summed E-state index contributed by atoms with van der Waals surface area (Å²) in [5.41, 5.74) is 0. The van der Waals surface area contributed by atoms with E-state index in [1.165, 1.54) is 18.8 Å². The first-order valence-corrected chi connectivity index (χ1v) is 6.59. The number of hydrogen-bond donors (Lipinski definition) is 1. The summed E-state index contributed by atoms with van der Waals surface area (Å²) >= 11 is 1.96. The normalized spacial score (nSPS) is 17.0. The Labute approximate surface area is 94.8 Å². The monoisotopic (exact) mass is 226 g/mol. The van der Waals surface area contributed by atoms with Gasteiger partial charge in [-0.1, -0.05) is 0 Å². The molecule has 1 N–H and O–H groups in total. The highest BCUT2D eigenvalue weighted by Gasteiger charge is 2.16. The molecule has 0 atom stereocenters. The minimum absolute atomic E-state index is 0.411. The van der Waals surface area contributed by atoms with Gasteiger partial charge in [0.2, 0.25) is 0 Å². The van der Waals surface area contributed by atoms with E-state index >= 15 is 0 Å². The molecule has 2 heterocycles. The number of hydrogen-bond acceptors (Lipinski definition) is 4. The van der Waals surface area contributed by atoms with E-state index in [4.69, 9.17) is 0 Å². The Hall–Kier alpha value is -0.550. The lowest BCUT2D eigenvalue weighted by molar-refractivity contribution is 0.385. The molecule has 0 radical (unpaired) electrons. The number of thioether (sulfide) groups is 1. The Morgan fingerprint density at radius 2 is 2.40 bits per heavy atom. The van der Waals surface area contributed by atoms with Crippen molar-refractivity contribution in [3.8, 4) is 0 Å². The van der Waals surface area contributed by atoms with Crippen molar-refractivity contribution in [3.63, 3.8) is 0 Å². The standard InChI is InChI=1S/C10H18N4S/c1-8(2)14-10(12-7-13-14)6-15-5-9-3-11-4-9/h7-9,11H,3-6H2,1-2H3. The Morgan fingerprint density at radius 1 is 1.60 bits per heavy atom. The summed E-state index contributed by atoms with van der Waals surface area (Å²) in [7, 11) is 0. The first-order chi connectivity index (χ1) is 7.27. The average Bonchev–Trinajstić information content (AvgIpc) is 2.57. The van der Waals surface area contributed by atoms with E-state index in [9.17, 15) is 0 Å². The predicted octanol–water partition coefficient (Wildman–Crippen LogP) is 1.31. The Kier molecular flexibility index (Phi) is 3.64. The number of rotatable bonds is 5. The zero-order valence-corrected chi connectivity index (χ0v) is 10.1. The summed E-state index contributed by atoms with van der Waals surface area (Å²) < 4.78 is 2.01. The van der Waals surface area contributed by atoms with Gasteiger partial charge in [-0.25, -0.2) is 9.67 Å². The van der Waals surface area contributed by atoms with Crippen LogP contribution >= 0.6 is 11.8 Å². The number of nitrogens with one attached hydrogen (secondary N) is 1. The zero-order chi connectivity index (χ0) is 10.7. The van der Waals surface area contributed by atoms with Crippen LogP contribution in [0.1, 0.15) is 25.7 Å². The lowest BCUT2D eigenvalue weighted by Crippen LogP contribution is -2.43. The Bertz CT molecular complexity index is 306. The van der Waals surface area contributed by atoms with Gasteiger partial charge in [0.1, 0.15) is 12.2 Å². The largest absolute Gasteiger partial charge is 0.316 e. The van der Waals surface area contributed by atoms with E-state index in [0.717, 1.165) is 17.5 Å². The summed E-state index contributed by atoms with van der Waals surface area (Å²) in [5.74, 6) is 4.18. The third-order valence-electron chi connectivity index (χ3n) is 2.59. The molecule has 1 aliphatic heterocycles. The predicted molar refractivity (Wildman–Crippen MR) is 62.9 cm³/mol. The molecule has 1 aromatic rings. The summed E-state index contributed by atoms with van der Waals surface area (Å²) in [5, 5.41) is 7.52. The van der Waals surface area contributed by atoms with Crippen molar-refractivity contribution < 1.29 is 0 Å². The molecule has 0 amide bonds. The molecule has 2 rings (SSSR count). The molecule has 0 aromatic carbocycles. The van der Waals surface area contributed by atoms with E-state index in [-0.39, 0.29) is 0 Å². The molecule has 1 fully saturated rings. The van der Waals surface area contributed by atoms with Gasteiger partial charge in [0.05, 0.1) is 5.75 Å². The van der Waals surface area contributed by atoms with Gasteiger partial charge in [-0.3, -0.25) is 0 Å². The van der Waals surface area contributed by atoms with Crippen molar-refractivity contribution in [3.05, 3.63) is 12.2 Å². The topological polar surface area (TPSA) is 42.7 Å². The van der Waals surface area contributed by atoms with Crippen LogP contribution in [-0.2, 0) is 5.75 Å². The lowest BCUT2D eigenvalue weighted by Gasteiger charge is -2.26. The van der Waals surface area contributed by atoms with Crippen LogP contribution < -0.4 is 5.32 Å². The molecular formula is C10H18N4S. The molecule has 0 unspecified atom stereocenters. The molecular weight excluding hydrogens is 208 g/mol. The maximum atomic E-state index is 4.29. The van der Waals surface area contributed by atoms with Gasteiger partial charge >= 0.3 is 0 Å². The maximum absolute atomic E-state index is 4.29. The van der Waals surface area contributed by atoms with Crippen LogP contribution in [0.25, 0.3) is 0 Å². The van der Waals surface area contributed by atoms with Crippen molar-refractivity contribution in [1.29, 1.82) is 0 Å². The average molecular weight is 226 g/mol. The minimum atomic E-state index is 0.411. The van der Waals surface area contributed by atoms with Gasteiger partial charge in [-0.05, 0) is 38.6 Å². The van der Waals surface area contributed by atoms with Gasteiger partial charge in [0.25, 0.3) is 0 Å². The summed E-state index contributed by atoms with van der Waals surface area (Å²) in [4.78, 5) is 4.29. The second-order valence-corrected chi connectivity index (χ2v) is 5.28. The molecule has 15 heavy (non-hydrogen) atoms. The van der Waals surface area contributed by atoms with Crippen LogP contribution in [0.4, 0.5) is 0 Å². The fourth-order valence-corrected chi connectivity index (χ4v) is 2.67. The highest BCUT2D eigenvalue weighted by atomic mass is 32.2. The minimum Gasteiger partial charge on any atom is -0.316 e. The molecule has 1 aromatic heterocycles. The first kappa shape index (κ1) is 11.0. The van der Waals surface area contributed by atoms with Crippen molar-refractivity contribution in [2.75, 3.05) is 18.8 Å². The quantitative estimate of drug-likeness (QED) is 0.822.